The van der Waals surface area contributed by atoms with Crippen LogP contribution in [0.3, 0.4) is 0 Å². The molecular weight excluding hydrogens is 514 g/mol. The molecule has 0 bridgehead atoms. The van der Waals surface area contributed by atoms with Crippen molar-refractivity contribution >= 4 is 28.0 Å². The van der Waals surface area contributed by atoms with Gasteiger partial charge in [0.25, 0.3) is 0 Å². The third-order valence-electron chi connectivity index (χ3n) is 5.91. The molecule has 0 aromatic heterocycles. The monoisotopic (exact) mass is 539 g/mol. The maximum absolute atomic E-state index is 12.8. The van der Waals surface area contributed by atoms with Gasteiger partial charge in [-0.05, 0) is 48.4 Å². The smallest absolute Gasteiger partial charge is 0.411 e. The number of methoxy groups -OCH3 is 2. The summed E-state index contributed by atoms with van der Waals surface area (Å²) in [6.45, 7) is 2.27. The number of esters is 1. The van der Waals surface area contributed by atoms with Crippen LogP contribution in [-0.4, -0.2) is 37.2 Å². The molecule has 1 fully saturated rings. The molecule has 0 unspecified atom stereocenters. The molecule has 0 saturated carbocycles. The quantitative estimate of drug-likeness (QED) is 0.324. The van der Waals surface area contributed by atoms with Crippen LogP contribution in [0, 0.1) is 0 Å². The first kappa shape index (κ1) is 24.6. The predicted octanol–water partition coefficient (Wildman–Crippen LogP) is 6.05. The van der Waals surface area contributed by atoms with Gasteiger partial charge in [0.15, 0.2) is 11.5 Å². The summed E-state index contributed by atoms with van der Waals surface area (Å²) in [4.78, 5) is 26.2. The Morgan fingerprint density at radius 3 is 2.46 bits per heavy atom. The number of nitrogens with zero attached hydrogens (tertiary/aromatic N) is 1. The SMILES string of the molecule is COC(=O)Cc1ccc(OC)c(Oc2ccc(Br)cc2CN2C(=O)O[C@@H](c3ccccc3)[C@H]2C)c1. The van der Waals surface area contributed by atoms with Crippen LogP contribution < -0.4 is 9.47 Å². The first-order valence-corrected chi connectivity index (χ1v) is 11.9. The predicted molar refractivity (Wildman–Crippen MR) is 134 cm³/mol. The summed E-state index contributed by atoms with van der Waals surface area (Å²) in [5, 5.41) is 0. The van der Waals surface area contributed by atoms with Gasteiger partial charge in [-0.1, -0.05) is 52.3 Å². The van der Waals surface area contributed by atoms with Crippen LogP contribution in [0.25, 0.3) is 0 Å². The lowest BCUT2D eigenvalue weighted by molar-refractivity contribution is -0.139. The van der Waals surface area contributed by atoms with E-state index < -0.39 is 0 Å². The van der Waals surface area contributed by atoms with Gasteiger partial charge in [-0.15, -0.1) is 0 Å². The molecule has 7 nitrogen and oxygen atoms in total. The van der Waals surface area contributed by atoms with E-state index in [1.807, 2.05) is 55.5 Å². The topological polar surface area (TPSA) is 74.3 Å². The maximum atomic E-state index is 12.8. The van der Waals surface area contributed by atoms with Gasteiger partial charge in [0, 0.05) is 10.0 Å². The summed E-state index contributed by atoms with van der Waals surface area (Å²) in [7, 11) is 2.90. The standard InChI is InChI=1S/C27H26BrNO6/c1-17-26(19-7-5-4-6-8-19)35-27(31)29(17)16-20-15-21(28)10-12-22(20)34-24-13-18(14-25(30)33-3)9-11-23(24)32-2/h4-13,15,17,26H,14,16H2,1-3H3/t17-,26-/m1/s1. The average molecular weight is 540 g/mol. The highest BCUT2D eigenvalue weighted by Crippen LogP contribution is 2.38. The van der Waals surface area contributed by atoms with Crippen molar-refractivity contribution in [1.29, 1.82) is 0 Å². The first-order valence-electron chi connectivity index (χ1n) is 11.1. The Balaban J connectivity index is 1.60. The van der Waals surface area contributed by atoms with E-state index in [2.05, 4.69) is 15.9 Å². The van der Waals surface area contributed by atoms with E-state index in [4.69, 9.17) is 18.9 Å². The molecule has 1 saturated heterocycles. The van der Waals surface area contributed by atoms with Gasteiger partial charge in [-0.2, -0.15) is 0 Å². The fourth-order valence-electron chi connectivity index (χ4n) is 4.03. The lowest BCUT2D eigenvalue weighted by Gasteiger charge is -2.22. The highest BCUT2D eigenvalue weighted by atomic mass is 79.9. The van der Waals surface area contributed by atoms with Crippen molar-refractivity contribution in [3.8, 4) is 17.2 Å². The van der Waals surface area contributed by atoms with Crippen molar-refractivity contribution in [3.63, 3.8) is 0 Å². The van der Waals surface area contributed by atoms with Crippen molar-refractivity contribution in [3.05, 3.63) is 87.9 Å². The molecule has 2 atom stereocenters. The van der Waals surface area contributed by atoms with Crippen LogP contribution in [0.1, 0.15) is 29.7 Å². The Kier molecular flexibility index (Phi) is 7.60. The van der Waals surface area contributed by atoms with Gasteiger partial charge in [-0.3, -0.25) is 9.69 Å². The molecule has 1 aliphatic heterocycles. The zero-order chi connectivity index (χ0) is 24.9. The average Bonchev–Trinajstić information content (AvgIpc) is 3.14. The lowest BCUT2D eigenvalue weighted by atomic mass is 10.0. The fraction of sp³-hybridized carbons (Fsp3) is 0.259. The largest absolute Gasteiger partial charge is 0.493 e. The Bertz CT molecular complexity index is 1220. The number of amides is 1. The summed E-state index contributed by atoms with van der Waals surface area (Å²) in [6, 6.07) is 20.4. The van der Waals surface area contributed by atoms with Crippen LogP contribution in [0.4, 0.5) is 4.79 Å². The number of rotatable bonds is 8. The van der Waals surface area contributed by atoms with E-state index >= 15 is 0 Å². The molecule has 8 heteroatoms. The van der Waals surface area contributed by atoms with Crippen LogP contribution in [0.5, 0.6) is 17.2 Å². The molecular formula is C27H26BrNO6. The fourth-order valence-corrected chi connectivity index (χ4v) is 4.43. The third kappa shape index (κ3) is 5.59. The van der Waals surface area contributed by atoms with Gasteiger partial charge in [0.1, 0.15) is 11.9 Å². The molecule has 0 N–H and O–H groups in total. The van der Waals surface area contributed by atoms with E-state index in [9.17, 15) is 9.59 Å². The van der Waals surface area contributed by atoms with Crippen molar-refractivity contribution in [2.45, 2.75) is 32.0 Å². The van der Waals surface area contributed by atoms with Gasteiger partial charge < -0.3 is 18.9 Å². The van der Waals surface area contributed by atoms with Gasteiger partial charge in [-0.25, -0.2) is 4.79 Å². The molecule has 0 radical (unpaired) electrons. The van der Waals surface area contributed by atoms with Crippen molar-refractivity contribution < 1.29 is 28.5 Å². The van der Waals surface area contributed by atoms with Crippen LogP contribution >= 0.6 is 15.9 Å². The summed E-state index contributed by atoms with van der Waals surface area (Å²) in [6.07, 6.45) is -0.618. The molecule has 0 spiro atoms. The minimum absolute atomic E-state index is 0.113. The van der Waals surface area contributed by atoms with Crippen LogP contribution in [0.15, 0.2) is 71.2 Å². The van der Waals surface area contributed by atoms with E-state index in [1.54, 1.807) is 30.2 Å². The molecule has 182 valence electrons. The zero-order valence-corrected chi connectivity index (χ0v) is 21.3. The van der Waals surface area contributed by atoms with Gasteiger partial charge >= 0.3 is 12.1 Å². The van der Waals surface area contributed by atoms with Crippen LogP contribution in [-0.2, 0) is 27.2 Å². The second-order valence-electron chi connectivity index (χ2n) is 8.18. The summed E-state index contributed by atoms with van der Waals surface area (Å²) < 4.78 is 23.0. The van der Waals surface area contributed by atoms with Gasteiger partial charge in [0.05, 0.1) is 33.2 Å². The molecule has 3 aromatic carbocycles. The maximum Gasteiger partial charge on any atom is 0.411 e. The number of carbonyl (C=O) groups is 2. The van der Waals surface area contributed by atoms with E-state index in [-0.39, 0.29) is 30.6 Å². The Morgan fingerprint density at radius 1 is 1.00 bits per heavy atom. The first-order chi connectivity index (χ1) is 16.9. The van der Waals surface area contributed by atoms with Crippen molar-refractivity contribution in [2.24, 2.45) is 0 Å². The second kappa shape index (κ2) is 10.8. The summed E-state index contributed by atoms with van der Waals surface area (Å²) in [5.41, 5.74) is 2.47. The number of hydrogen-bond acceptors (Lipinski definition) is 6. The molecule has 1 amide bonds. The molecule has 1 aliphatic rings. The zero-order valence-electron chi connectivity index (χ0n) is 19.7. The number of ether oxygens (including phenoxy) is 4. The molecule has 35 heavy (non-hydrogen) atoms. The second-order valence-corrected chi connectivity index (χ2v) is 9.09. The Morgan fingerprint density at radius 2 is 1.74 bits per heavy atom. The summed E-state index contributed by atoms with van der Waals surface area (Å²) >= 11 is 3.52. The highest BCUT2D eigenvalue weighted by Gasteiger charge is 2.39. The third-order valence-corrected chi connectivity index (χ3v) is 6.40. The van der Waals surface area contributed by atoms with E-state index in [1.165, 1.54) is 7.11 Å². The Labute approximate surface area is 212 Å². The lowest BCUT2D eigenvalue weighted by Crippen LogP contribution is -2.31. The number of cyclic esters (lactones) is 1. The number of benzene rings is 3. The normalized spacial score (nSPS) is 17.1. The minimum Gasteiger partial charge on any atom is -0.493 e. The summed E-state index contributed by atoms with van der Waals surface area (Å²) in [5.74, 6) is 1.19. The number of hydrogen-bond donors (Lipinski definition) is 0. The molecule has 0 aliphatic carbocycles. The number of carbonyl (C=O) groups excluding carboxylic acids is 2. The highest BCUT2D eigenvalue weighted by molar-refractivity contribution is 9.10. The Hall–Kier alpha value is -3.52. The molecule has 4 rings (SSSR count). The van der Waals surface area contributed by atoms with Gasteiger partial charge in [0.2, 0.25) is 0 Å². The van der Waals surface area contributed by atoms with Crippen molar-refractivity contribution in [2.75, 3.05) is 14.2 Å². The molecule has 1 heterocycles. The van der Waals surface area contributed by atoms with Crippen molar-refractivity contribution in [1.82, 2.24) is 4.90 Å². The van der Waals surface area contributed by atoms with E-state index in [0.717, 1.165) is 21.2 Å². The van der Waals surface area contributed by atoms with Crippen LogP contribution in [0.2, 0.25) is 0 Å². The minimum atomic E-state index is -0.380. The molecule has 3 aromatic rings. The van der Waals surface area contributed by atoms with E-state index in [0.29, 0.717) is 23.8 Å². The number of halogens is 1.